The van der Waals surface area contributed by atoms with Gasteiger partial charge < -0.3 is 9.84 Å². The molecule has 0 bridgehead atoms. The minimum Gasteiger partial charge on any atom is -0.480 e. The highest BCUT2D eigenvalue weighted by atomic mass is 32.1. The molecule has 1 aliphatic carbocycles. The summed E-state index contributed by atoms with van der Waals surface area (Å²) in [5.41, 5.74) is 0.240. The average molecular weight is 381 g/mol. The molecular weight excluding hydrogens is 352 g/mol. The number of amides is 1. The Bertz CT molecular complexity index is 731. The maximum atomic E-state index is 12.6. The van der Waals surface area contributed by atoms with E-state index in [9.17, 15) is 14.7 Å². The van der Waals surface area contributed by atoms with Gasteiger partial charge in [-0.2, -0.15) is 0 Å². The van der Waals surface area contributed by atoms with E-state index in [-0.39, 0.29) is 16.9 Å². The highest BCUT2D eigenvalue weighted by molar-refractivity contribution is 7.09. The number of piperidine rings is 1. The predicted molar refractivity (Wildman–Crippen MR) is 99.5 cm³/mol. The largest absolute Gasteiger partial charge is 0.480 e. The number of nitrogens with zero attached hydrogens (tertiary/aromatic N) is 2. The van der Waals surface area contributed by atoms with Crippen molar-refractivity contribution >= 4 is 23.4 Å². The SMILES string of the molecule is CC(C)(C)OC(=O)N1[C@H](C(=O)O)C[C@@]2(Cc3nc(C(C)(C)C)cs3)C[C@@H]12. The van der Waals surface area contributed by atoms with E-state index in [0.717, 1.165) is 23.5 Å². The molecule has 2 aliphatic rings. The first kappa shape index (κ1) is 19.1. The van der Waals surface area contributed by atoms with Gasteiger partial charge in [0.1, 0.15) is 11.6 Å². The molecule has 1 aromatic rings. The number of aliphatic carboxylic acids is 1. The number of hydrogen-bond acceptors (Lipinski definition) is 5. The minimum atomic E-state index is -0.961. The number of likely N-dealkylation sites (tertiary alicyclic amines) is 1. The molecule has 3 atom stereocenters. The van der Waals surface area contributed by atoms with Crippen LogP contribution >= 0.6 is 11.3 Å². The predicted octanol–water partition coefficient (Wildman–Crippen LogP) is 3.84. The van der Waals surface area contributed by atoms with Gasteiger partial charge in [0.25, 0.3) is 0 Å². The topological polar surface area (TPSA) is 79.7 Å². The highest BCUT2D eigenvalue weighted by Gasteiger charge is 2.68. The third-order valence-corrected chi connectivity index (χ3v) is 5.98. The molecule has 1 saturated carbocycles. The van der Waals surface area contributed by atoms with Crippen LogP contribution in [0.3, 0.4) is 0 Å². The summed E-state index contributed by atoms with van der Waals surface area (Å²) in [4.78, 5) is 30.5. The Morgan fingerprint density at radius 1 is 1.31 bits per heavy atom. The maximum absolute atomic E-state index is 12.6. The summed E-state index contributed by atoms with van der Waals surface area (Å²) in [5.74, 6) is -0.961. The van der Waals surface area contributed by atoms with Crippen LogP contribution in [0.15, 0.2) is 5.38 Å². The monoisotopic (exact) mass is 380 g/mol. The second kappa shape index (κ2) is 5.94. The molecule has 7 heteroatoms. The van der Waals surface area contributed by atoms with Crippen molar-refractivity contribution in [1.82, 2.24) is 9.88 Å². The molecule has 2 heterocycles. The van der Waals surface area contributed by atoms with Crippen molar-refractivity contribution in [3.63, 3.8) is 0 Å². The van der Waals surface area contributed by atoms with Gasteiger partial charge in [0, 0.05) is 28.7 Å². The van der Waals surface area contributed by atoms with Gasteiger partial charge in [-0.15, -0.1) is 11.3 Å². The first-order valence-corrected chi connectivity index (χ1v) is 9.89. The number of carboxylic acids is 1. The fourth-order valence-electron chi connectivity index (χ4n) is 3.71. The van der Waals surface area contributed by atoms with Gasteiger partial charge in [-0.3, -0.25) is 4.90 Å². The van der Waals surface area contributed by atoms with E-state index >= 15 is 0 Å². The van der Waals surface area contributed by atoms with E-state index in [1.54, 1.807) is 32.1 Å². The maximum Gasteiger partial charge on any atom is 0.411 e. The van der Waals surface area contributed by atoms with Gasteiger partial charge in [0.05, 0.1) is 10.7 Å². The lowest BCUT2D eigenvalue weighted by Gasteiger charge is -2.28. The molecule has 1 N–H and O–H groups in total. The second-order valence-electron chi connectivity index (χ2n) is 9.58. The summed E-state index contributed by atoms with van der Waals surface area (Å²) in [6, 6.07) is -0.883. The summed E-state index contributed by atoms with van der Waals surface area (Å²) in [7, 11) is 0. The van der Waals surface area contributed by atoms with Crippen LogP contribution in [0.4, 0.5) is 4.79 Å². The molecular formula is C19H28N2O4S. The van der Waals surface area contributed by atoms with E-state index in [1.807, 2.05) is 0 Å². The number of rotatable bonds is 3. The Kier molecular flexibility index (Phi) is 4.37. The van der Waals surface area contributed by atoms with Crippen LogP contribution in [0, 0.1) is 5.41 Å². The molecule has 26 heavy (non-hydrogen) atoms. The normalized spacial score (nSPS) is 28.0. The average Bonchev–Trinajstić information content (AvgIpc) is 2.81. The molecule has 1 saturated heterocycles. The van der Waals surface area contributed by atoms with Crippen LogP contribution in [0.2, 0.25) is 0 Å². The minimum absolute atomic E-state index is 0.00278. The Labute approximate surface area is 158 Å². The van der Waals surface area contributed by atoms with E-state index in [1.165, 1.54) is 4.90 Å². The Morgan fingerprint density at radius 3 is 2.46 bits per heavy atom. The van der Waals surface area contributed by atoms with Crippen molar-refractivity contribution in [3.05, 3.63) is 16.1 Å². The summed E-state index contributed by atoms with van der Waals surface area (Å²) >= 11 is 1.62. The molecule has 144 valence electrons. The number of carboxylic acid groups (broad SMARTS) is 1. The van der Waals surface area contributed by atoms with Crippen LogP contribution in [0.5, 0.6) is 0 Å². The smallest absolute Gasteiger partial charge is 0.411 e. The fourth-order valence-corrected chi connectivity index (χ4v) is 4.89. The van der Waals surface area contributed by atoms with E-state index in [4.69, 9.17) is 9.72 Å². The lowest BCUT2D eigenvalue weighted by Crippen LogP contribution is -2.45. The van der Waals surface area contributed by atoms with Crippen molar-refractivity contribution in [1.29, 1.82) is 0 Å². The first-order chi connectivity index (χ1) is 11.8. The van der Waals surface area contributed by atoms with Gasteiger partial charge in [-0.25, -0.2) is 14.6 Å². The Hall–Kier alpha value is -1.63. The van der Waals surface area contributed by atoms with Crippen LogP contribution in [-0.2, 0) is 21.4 Å². The third kappa shape index (κ3) is 3.59. The molecule has 0 aromatic carbocycles. The van der Waals surface area contributed by atoms with Crippen LogP contribution in [-0.4, -0.2) is 44.7 Å². The van der Waals surface area contributed by atoms with Crippen molar-refractivity contribution in [2.45, 2.75) is 83.9 Å². The first-order valence-electron chi connectivity index (χ1n) is 9.01. The fraction of sp³-hybridized carbons (Fsp3) is 0.737. The lowest BCUT2D eigenvalue weighted by molar-refractivity contribution is -0.142. The van der Waals surface area contributed by atoms with Crippen molar-refractivity contribution in [2.24, 2.45) is 5.41 Å². The van der Waals surface area contributed by atoms with Crippen molar-refractivity contribution in [3.8, 4) is 0 Å². The highest BCUT2D eigenvalue weighted by Crippen LogP contribution is 2.61. The zero-order chi connectivity index (χ0) is 19.5. The molecule has 1 aliphatic heterocycles. The van der Waals surface area contributed by atoms with E-state index in [0.29, 0.717) is 6.42 Å². The second-order valence-corrected chi connectivity index (χ2v) is 10.5. The summed E-state index contributed by atoms with van der Waals surface area (Å²) in [6.45, 7) is 11.8. The van der Waals surface area contributed by atoms with E-state index < -0.39 is 23.7 Å². The summed E-state index contributed by atoms with van der Waals surface area (Å²) < 4.78 is 5.45. The van der Waals surface area contributed by atoms with E-state index in [2.05, 4.69) is 26.2 Å². The molecule has 6 nitrogen and oxygen atoms in total. The molecule has 1 aromatic heterocycles. The summed E-state index contributed by atoms with van der Waals surface area (Å²) in [5, 5.41) is 12.7. The quantitative estimate of drug-likeness (QED) is 0.862. The lowest BCUT2D eigenvalue weighted by atomic mass is 9.93. The number of fused-ring (bicyclic) bond motifs is 1. The van der Waals surface area contributed by atoms with Crippen LogP contribution in [0.1, 0.15) is 65.1 Å². The zero-order valence-electron chi connectivity index (χ0n) is 16.3. The van der Waals surface area contributed by atoms with Crippen LogP contribution in [0.25, 0.3) is 0 Å². The number of aromatic nitrogens is 1. The zero-order valence-corrected chi connectivity index (χ0v) is 17.1. The number of hydrogen-bond donors (Lipinski definition) is 1. The Morgan fingerprint density at radius 2 is 1.96 bits per heavy atom. The standard InChI is InChI=1S/C19H28N2O4S/c1-17(2,3)12-10-26-14(20-12)9-19-7-11(15(22)23)21(13(19)8-19)16(24)25-18(4,5)6/h10-11,13H,7-9H2,1-6H3,(H,22,23)/t11-,13+,19-/m0/s1. The van der Waals surface area contributed by atoms with Gasteiger partial charge in [0.2, 0.25) is 0 Å². The van der Waals surface area contributed by atoms with Crippen molar-refractivity contribution < 1.29 is 19.4 Å². The van der Waals surface area contributed by atoms with Crippen LogP contribution < -0.4 is 0 Å². The molecule has 1 amide bonds. The summed E-state index contributed by atoms with van der Waals surface area (Å²) in [6.07, 6.45) is 1.49. The van der Waals surface area contributed by atoms with Gasteiger partial charge in [-0.1, -0.05) is 20.8 Å². The van der Waals surface area contributed by atoms with Crippen molar-refractivity contribution in [2.75, 3.05) is 0 Å². The van der Waals surface area contributed by atoms with Gasteiger partial charge in [0.15, 0.2) is 0 Å². The van der Waals surface area contributed by atoms with Gasteiger partial charge in [-0.05, 0) is 33.6 Å². The Balaban J connectivity index is 1.77. The number of carbonyl (C=O) groups is 2. The molecule has 3 rings (SSSR count). The molecule has 0 radical (unpaired) electrons. The molecule has 0 spiro atoms. The molecule has 2 fully saturated rings. The third-order valence-electron chi connectivity index (χ3n) is 5.13. The number of thiazole rings is 1. The molecule has 0 unspecified atom stereocenters. The number of carbonyl (C=O) groups excluding carboxylic acids is 1. The van der Waals surface area contributed by atoms with Gasteiger partial charge >= 0.3 is 12.1 Å². The number of ether oxygens (including phenoxy) is 1.